The molecule has 2 rings (SSSR count). The van der Waals surface area contributed by atoms with E-state index in [-0.39, 0.29) is 11.7 Å². The minimum absolute atomic E-state index is 0.0958. The monoisotopic (exact) mass is 316 g/mol. The molecule has 1 atom stereocenters. The zero-order valence-corrected chi connectivity index (χ0v) is 12.7. The van der Waals surface area contributed by atoms with Crippen molar-refractivity contribution >= 4 is 11.9 Å². The van der Waals surface area contributed by atoms with E-state index in [4.69, 9.17) is 14.6 Å². The first-order valence-electron chi connectivity index (χ1n) is 6.87. The van der Waals surface area contributed by atoms with Crippen molar-refractivity contribution in [1.82, 2.24) is 9.97 Å². The van der Waals surface area contributed by atoms with Crippen molar-refractivity contribution in [3.8, 4) is 11.4 Å². The zero-order valence-electron chi connectivity index (χ0n) is 12.7. The summed E-state index contributed by atoms with van der Waals surface area (Å²) in [7, 11) is 1.52. The van der Waals surface area contributed by atoms with E-state index in [0.29, 0.717) is 23.6 Å². The Morgan fingerprint density at radius 3 is 2.26 bits per heavy atom. The molecule has 2 aromatic heterocycles. The van der Waals surface area contributed by atoms with E-state index < -0.39 is 11.9 Å². The number of rotatable bonds is 6. The van der Waals surface area contributed by atoms with Gasteiger partial charge < -0.3 is 14.6 Å². The molecule has 1 N–H and O–H groups in total. The fourth-order valence-corrected chi connectivity index (χ4v) is 1.92. The third kappa shape index (κ3) is 4.33. The zero-order chi connectivity index (χ0) is 16.8. The summed E-state index contributed by atoms with van der Waals surface area (Å²) in [6, 6.07) is 5.81. The van der Waals surface area contributed by atoms with Gasteiger partial charge in [0.1, 0.15) is 6.10 Å². The SMILES string of the molecule is COCC(C)OC(=O)c1ccnc(-c2cc(C(=O)O)ccn2)c1. The summed E-state index contributed by atoms with van der Waals surface area (Å²) in [6.45, 7) is 2.02. The number of aromatic carboxylic acids is 1. The maximum absolute atomic E-state index is 12.1. The number of pyridine rings is 2. The first-order chi connectivity index (χ1) is 11.0. The van der Waals surface area contributed by atoms with Crippen molar-refractivity contribution in [2.24, 2.45) is 0 Å². The molecule has 1 unspecified atom stereocenters. The Labute approximate surface area is 132 Å². The number of aromatic nitrogens is 2. The molecule has 0 aromatic carbocycles. The van der Waals surface area contributed by atoms with Crippen molar-refractivity contribution in [3.05, 3.63) is 47.8 Å². The molecule has 0 saturated heterocycles. The van der Waals surface area contributed by atoms with Crippen LogP contribution in [0.15, 0.2) is 36.7 Å². The molecule has 7 heteroatoms. The minimum Gasteiger partial charge on any atom is -0.478 e. The highest BCUT2D eigenvalue weighted by atomic mass is 16.6. The number of carboxylic acid groups (broad SMARTS) is 1. The Morgan fingerprint density at radius 2 is 1.70 bits per heavy atom. The van der Waals surface area contributed by atoms with Crippen LogP contribution in [-0.4, -0.2) is 46.8 Å². The number of esters is 1. The van der Waals surface area contributed by atoms with Gasteiger partial charge in [0, 0.05) is 19.5 Å². The first-order valence-corrected chi connectivity index (χ1v) is 6.87. The van der Waals surface area contributed by atoms with Crippen molar-refractivity contribution in [2.45, 2.75) is 13.0 Å². The van der Waals surface area contributed by atoms with E-state index in [9.17, 15) is 9.59 Å². The van der Waals surface area contributed by atoms with Crippen molar-refractivity contribution in [3.63, 3.8) is 0 Å². The number of methoxy groups -OCH3 is 1. The Bertz CT molecular complexity index is 717. The lowest BCUT2D eigenvalue weighted by atomic mass is 10.1. The second-order valence-corrected chi connectivity index (χ2v) is 4.84. The number of hydrogen-bond acceptors (Lipinski definition) is 6. The number of carbonyl (C=O) groups excluding carboxylic acids is 1. The predicted octanol–water partition coefficient (Wildman–Crippen LogP) is 2.03. The van der Waals surface area contributed by atoms with E-state index in [1.807, 2.05) is 0 Å². The molecule has 2 heterocycles. The van der Waals surface area contributed by atoms with Gasteiger partial charge in [0.25, 0.3) is 0 Å². The van der Waals surface area contributed by atoms with Crippen LogP contribution in [0, 0.1) is 0 Å². The van der Waals surface area contributed by atoms with Crippen LogP contribution in [0.3, 0.4) is 0 Å². The highest BCUT2D eigenvalue weighted by Crippen LogP contribution is 2.17. The number of nitrogens with zero attached hydrogens (tertiary/aromatic N) is 2. The Kier molecular flexibility index (Phi) is 5.37. The summed E-state index contributed by atoms with van der Waals surface area (Å²) < 4.78 is 10.1. The van der Waals surface area contributed by atoms with E-state index in [1.165, 1.54) is 43.8 Å². The van der Waals surface area contributed by atoms with Gasteiger partial charge >= 0.3 is 11.9 Å². The molecule has 0 fully saturated rings. The summed E-state index contributed by atoms with van der Waals surface area (Å²) in [5.74, 6) is -1.56. The molecule has 0 aliphatic heterocycles. The van der Waals surface area contributed by atoms with Crippen molar-refractivity contribution in [2.75, 3.05) is 13.7 Å². The molecule has 0 saturated carbocycles. The standard InChI is InChI=1S/C16H16N2O5/c1-10(9-22-2)23-16(21)12-4-6-18-14(8-12)13-7-11(15(19)20)3-5-17-13/h3-8,10H,9H2,1-2H3,(H,19,20). The van der Waals surface area contributed by atoms with Gasteiger partial charge in [-0.1, -0.05) is 0 Å². The molecular formula is C16H16N2O5. The topological polar surface area (TPSA) is 98.6 Å². The lowest BCUT2D eigenvalue weighted by molar-refractivity contribution is 0.0120. The fraction of sp³-hybridized carbons (Fsp3) is 0.250. The van der Waals surface area contributed by atoms with E-state index in [0.717, 1.165) is 0 Å². The van der Waals surface area contributed by atoms with Crippen LogP contribution in [0.1, 0.15) is 27.6 Å². The lowest BCUT2D eigenvalue weighted by Gasteiger charge is -2.12. The second kappa shape index (κ2) is 7.46. The molecule has 0 bridgehead atoms. The first kappa shape index (κ1) is 16.6. The van der Waals surface area contributed by atoms with Gasteiger partial charge in [0.2, 0.25) is 0 Å². The average molecular weight is 316 g/mol. The Hall–Kier alpha value is -2.80. The maximum Gasteiger partial charge on any atom is 0.338 e. The molecule has 120 valence electrons. The van der Waals surface area contributed by atoms with Crippen LogP contribution in [-0.2, 0) is 9.47 Å². The fourth-order valence-electron chi connectivity index (χ4n) is 1.92. The predicted molar refractivity (Wildman–Crippen MR) is 81.2 cm³/mol. The molecule has 7 nitrogen and oxygen atoms in total. The molecule has 2 aromatic rings. The quantitative estimate of drug-likeness (QED) is 0.814. The third-order valence-corrected chi connectivity index (χ3v) is 2.97. The Balaban J connectivity index is 2.24. The normalized spacial score (nSPS) is 11.7. The van der Waals surface area contributed by atoms with E-state index >= 15 is 0 Å². The summed E-state index contributed by atoms with van der Waals surface area (Å²) >= 11 is 0. The van der Waals surface area contributed by atoms with Gasteiger partial charge in [-0.3, -0.25) is 9.97 Å². The highest BCUT2D eigenvalue weighted by Gasteiger charge is 2.14. The van der Waals surface area contributed by atoms with Crippen molar-refractivity contribution < 1.29 is 24.2 Å². The van der Waals surface area contributed by atoms with Gasteiger partial charge in [0.15, 0.2) is 0 Å². The molecule has 0 aliphatic carbocycles. The number of carbonyl (C=O) groups is 2. The smallest absolute Gasteiger partial charge is 0.338 e. The molecule has 0 radical (unpaired) electrons. The average Bonchev–Trinajstić information content (AvgIpc) is 2.55. The van der Waals surface area contributed by atoms with Crippen molar-refractivity contribution in [1.29, 1.82) is 0 Å². The summed E-state index contributed by atoms with van der Waals surface area (Å²) in [4.78, 5) is 31.3. The maximum atomic E-state index is 12.1. The highest BCUT2D eigenvalue weighted by molar-refractivity contribution is 5.91. The summed E-state index contributed by atoms with van der Waals surface area (Å²) in [5, 5.41) is 9.01. The molecule has 0 aliphatic rings. The van der Waals surface area contributed by atoms with Crippen LogP contribution in [0.4, 0.5) is 0 Å². The van der Waals surface area contributed by atoms with Crippen LogP contribution in [0.2, 0.25) is 0 Å². The number of hydrogen-bond donors (Lipinski definition) is 1. The molecule has 23 heavy (non-hydrogen) atoms. The number of carboxylic acids is 1. The van der Waals surface area contributed by atoms with Crippen LogP contribution in [0.25, 0.3) is 11.4 Å². The van der Waals surface area contributed by atoms with Gasteiger partial charge in [0.05, 0.1) is 29.1 Å². The minimum atomic E-state index is -1.06. The van der Waals surface area contributed by atoms with E-state index in [2.05, 4.69) is 9.97 Å². The van der Waals surface area contributed by atoms with Crippen LogP contribution in [0.5, 0.6) is 0 Å². The second-order valence-electron chi connectivity index (χ2n) is 4.84. The van der Waals surface area contributed by atoms with Gasteiger partial charge in [-0.05, 0) is 31.2 Å². The van der Waals surface area contributed by atoms with Gasteiger partial charge in [-0.25, -0.2) is 9.59 Å². The molecular weight excluding hydrogens is 300 g/mol. The largest absolute Gasteiger partial charge is 0.478 e. The Morgan fingerprint density at radius 1 is 1.13 bits per heavy atom. The summed E-state index contributed by atoms with van der Waals surface area (Å²) in [6.07, 6.45) is 2.45. The number of ether oxygens (including phenoxy) is 2. The van der Waals surface area contributed by atoms with E-state index in [1.54, 1.807) is 6.92 Å². The summed E-state index contributed by atoms with van der Waals surface area (Å²) in [5.41, 5.74) is 1.16. The molecule has 0 amide bonds. The molecule has 0 spiro atoms. The van der Waals surface area contributed by atoms with Gasteiger partial charge in [-0.2, -0.15) is 0 Å². The van der Waals surface area contributed by atoms with Crippen LogP contribution >= 0.6 is 0 Å². The van der Waals surface area contributed by atoms with Crippen LogP contribution < -0.4 is 0 Å². The third-order valence-electron chi connectivity index (χ3n) is 2.97. The van der Waals surface area contributed by atoms with Gasteiger partial charge in [-0.15, -0.1) is 0 Å². The lowest BCUT2D eigenvalue weighted by Crippen LogP contribution is -2.19.